The molecule has 0 radical (unpaired) electrons. The normalized spacial score (nSPS) is 24.1. The third kappa shape index (κ3) is 4.57. The molecule has 6 rings (SSSR count). The van der Waals surface area contributed by atoms with E-state index in [0.717, 1.165) is 6.54 Å². The number of piperazine rings is 1. The predicted molar refractivity (Wildman–Crippen MR) is 133 cm³/mol. The summed E-state index contributed by atoms with van der Waals surface area (Å²) in [4.78, 5) is 8.63. The number of anilines is 1. The quantitative estimate of drug-likeness (QED) is 0.418. The summed E-state index contributed by atoms with van der Waals surface area (Å²) < 4.78 is 68.6. The minimum absolute atomic E-state index is 0.0370. The lowest BCUT2D eigenvalue weighted by molar-refractivity contribution is -0.0523. The number of ether oxygens (including phenoxy) is 2. The number of alkyl halides is 2. The Kier molecular flexibility index (Phi) is 6.61. The minimum Gasteiger partial charge on any atom is -0.394 e. The molecule has 3 saturated heterocycles. The average Bonchev–Trinajstić information content (AvgIpc) is 3.53. The Morgan fingerprint density at radius 2 is 2.11 bits per heavy atom. The fourth-order valence-electron chi connectivity index (χ4n) is 5.15. The highest BCUT2D eigenvalue weighted by atomic mass is 32.2. The Labute approximate surface area is 221 Å². The summed E-state index contributed by atoms with van der Waals surface area (Å²) in [5, 5.41) is 17.4. The highest BCUT2D eigenvalue weighted by Crippen LogP contribution is 2.35. The number of hydrogen-bond acceptors (Lipinski definition) is 11. The summed E-state index contributed by atoms with van der Waals surface area (Å²) >= 11 is 0.697. The molecule has 16 heteroatoms. The van der Waals surface area contributed by atoms with Crippen molar-refractivity contribution in [2.75, 3.05) is 57.6 Å². The molecule has 0 saturated carbocycles. The number of nitrogens with one attached hydrogen (secondary N) is 1. The van der Waals surface area contributed by atoms with E-state index in [1.165, 1.54) is 10.6 Å². The number of imidazole rings is 1. The van der Waals surface area contributed by atoms with Crippen LogP contribution in [0.5, 0.6) is 0 Å². The molecule has 206 valence electrons. The topological polar surface area (TPSA) is 134 Å². The Morgan fingerprint density at radius 1 is 1.29 bits per heavy atom. The van der Waals surface area contributed by atoms with E-state index >= 15 is 0 Å². The van der Waals surface area contributed by atoms with Crippen molar-refractivity contribution < 1.29 is 31.8 Å². The van der Waals surface area contributed by atoms with Crippen LogP contribution in [0.25, 0.3) is 16.3 Å². The van der Waals surface area contributed by atoms with Gasteiger partial charge < -0.3 is 19.5 Å². The first-order valence-electron chi connectivity index (χ1n) is 12.1. The lowest BCUT2D eigenvalue weighted by atomic mass is 10.0. The number of rotatable bonds is 7. The number of morpholine rings is 1. The van der Waals surface area contributed by atoms with Gasteiger partial charge in [0.15, 0.2) is 15.8 Å². The minimum atomic E-state index is -4.02. The zero-order chi connectivity index (χ0) is 26.7. The second-order valence-corrected chi connectivity index (χ2v) is 12.7. The largest absolute Gasteiger partial charge is 0.394 e. The number of halogens is 2. The number of aliphatic hydroxyl groups excluding tert-OH is 1. The highest BCUT2D eigenvalue weighted by Gasteiger charge is 2.40. The Bertz CT molecular complexity index is 1440. The zero-order valence-electron chi connectivity index (χ0n) is 20.5. The van der Waals surface area contributed by atoms with Crippen molar-refractivity contribution in [1.82, 2.24) is 29.2 Å². The molecule has 2 atom stereocenters. The van der Waals surface area contributed by atoms with Gasteiger partial charge in [0.05, 0.1) is 68.1 Å². The molecule has 0 amide bonds. The standard InChI is InChI=1S/C22H27F2N7O5S2/c1-22(11-36-12-22)28-38(33,34)15-4-16(30-7-14-10-35-3-2-29(14)6-13(30)9-32)17-5-25-19(31(17)8-15)21-27-26-20(37-21)18(23)24/h4-5,8,13-14,18,28,32H,2-3,6-7,9-12H2,1H3/t13-,14-/m1/s1. The number of hydrogen-bond donors (Lipinski definition) is 2. The van der Waals surface area contributed by atoms with E-state index < -0.39 is 27.0 Å². The lowest BCUT2D eigenvalue weighted by Gasteiger charge is -2.48. The third-order valence-corrected chi connectivity index (χ3v) is 9.64. The van der Waals surface area contributed by atoms with E-state index in [2.05, 4.69) is 24.8 Å². The molecule has 3 aliphatic heterocycles. The van der Waals surface area contributed by atoms with Gasteiger partial charge in [0.1, 0.15) is 4.90 Å². The maximum absolute atomic E-state index is 13.5. The summed E-state index contributed by atoms with van der Waals surface area (Å²) in [6.07, 6.45) is 0.175. The molecule has 0 aromatic carbocycles. The fourth-order valence-corrected chi connectivity index (χ4v) is 7.24. The first-order chi connectivity index (χ1) is 18.2. The van der Waals surface area contributed by atoms with Crippen molar-refractivity contribution in [2.24, 2.45) is 0 Å². The molecule has 0 unspecified atom stereocenters. The number of pyridine rings is 1. The van der Waals surface area contributed by atoms with E-state index in [9.17, 15) is 22.3 Å². The molecular formula is C22H27F2N7O5S2. The van der Waals surface area contributed by atoms with E-state index in [1.807, 2.05) is 4.90 Å². The summed E-state index contributed by atoms with van der Waals surface area (Å²) in [7, 11) is -4.02. The molecule has 3 aromatic rings. The van der Waals surface area contributed by atoms with E-state index in [4.69, 9.17) is 9.47 Å². The number of aromatic nitrogens is 4. The fraction of sp³-hybridized carbons (Fsp3) is 0.591. The molecule has 38 heavy (non-hydrogen) atoms. The van der Waals surface area contributed by atoms with Crippen LogP contribution in [0.3, 0.4) is 0 Å². The van der Waals surface area contributed by atoms with Crippen molar-refractivity contribution >= 4 is 32.6 Å². The van der Waals surface area contributed by atoms with Crippen LogP contribution in [0, 0.1) is 0 Å². The molecule has 12 nitrogen and oxygen atoms in total. The van der Waals surface area contributed by atoms with Gasteiger partial charge in [-0.25, -0.2) is 26.9 Å². The molecule has 3 aromatic heterocycles. The number of aliphatic hydroxyl groups is 1. The van der Waals surface area contributed by atoms with Crippen molar-refractivity contribution in [3.63, 3.8) is 0 Å². The summed E-state index contributed by atoms with van der Waals surface area (Å²) in [6, 6.07) is 1.33. The van der Waals surface area contributed by atoms with E-state index in [-0.39, 0.29) is 47.6 Å². The van der Waals surface area contributed by atoms with Crippen molar-refractivity contribution in [3.05, 3.63) is 23.5 Å². The van der Waals surface area contributed by atoms with Crippen LogP contribution in [-0.2, 0) is 19.5 Å². The van der Waals surface area contributed by atoms with Gasteiger partial charge in [-0.1, -0.05) is 11.3 Å². The molecule has 6 heterocycles. The summed E-state index contributed by atoms with van der Waals surface area (Å²) in [6.45, 7) is 5.08. The number of fused-ring (bicyclic) bond motifs is 2. The zero-order valence-corrected chi connectivity index (χ0v) is 22.1. The second kappa shape index (κ2) is 9.69. The van der Waals surface area contributed by atoms with Gasteiger partial charge in [-0.15, -0.1) is 10.2 Å². The van der Waals surface area contributed by atoms with Gasteiger partial charge in [-0.2, -0.15) is 0 Å². The Hall–Kier alpha value is -2.34. The van der Waals surface area contributed by atoms with Crippen molar-refractivity contribution in [1.29, 1.82) is 0 Å². The SMILES string of the molecule is CC1(NS(=O)(=O)c2cc(N3C[C@@H]4COCCN4C[C@@H]3CO)c3cnc(-c4nnc(C(F)F)s4)n3c2)COC1. The van der Waals surface area contributed by atoms with Crippen LogP contribution in [0.15, 0.2) is 23.4 Å². The molecular weight excluding hydrogens is 544 g/mol. The Balaban J connectivity index is 1.49. The van der Waals surface area contributed by atoms with Crippen LogP contribution in [0.4, 0.5) is 14.5 Å². The molecule has 3 aliphatic rings. The van der Waals surface area contributed by atoms with Crippen molar-refractivity contribution in [2.45, 2.75) is 35.9 Å². The maximum atomic E-state index is 13.5. The lowest BCUT2D eigenvalue weighted by Crippen LogP contribution is -2.63. The molecule has 0 aliphatic carbocycles. The van der Waals surface area contributed by atoms with Gasteiger partial charge in [-0.3, -0.25) is 9.30 Å². The van der Waals surface area contributed by atoms with Crippen LogP contribution in [0.2, 0.25) is 0 Å². The third-order valence-electron chi connectivity index (χ3n) is 7.11. The highest BCUT2D eigenvalue weighted by molar-refractivity contribution is 7.89. The molecule has 3 fully saturated rings. The second-order valence-electron chi connectivity index (χ2n) is 10.0. The van der Waals surface area contributed by atoms with Gasteiger partial charge in [0.2, 0.25) is 10.0 Å². The van der Waals surface area contributed by atoms with Gasteiger partial charge in [0.25, 0.3) is 6.43 Å². The Morgan fingerprint density at radius 3 is 2.79 bits per heavy atom. The molecule has 2 N–H and O–H groups in total. The predicted octanol–water partition coefficient (Wildman–Crippen LogP) is 0.739. The van der Waals surface area contributed by atoms with Crippen LogP contribution < -0.4 is 9.62 Å². The first-order valence-corrected chi connectivity index (χ1v) is 14.4. The summed E-state index contributed by atoms with van der Waals surface area (Å²) in [5.74, 6) is 0.195. The van der Waals surface area contributed by atoms with E-state index in [1.54, 1.807) is 19.2 Å². The summed E-state index contributed by atoms with van der Waals surface area (Å²) in [5.41, 5.74) is 0.356. The van der Waals surface area contributed by atoms with Crippen molar-refractivity contribution in [3.8, 4) is 10.8 Å². The number of sulfonamides is 1. The smallest absolute Gasteiger partial charge is 0.291 e. The van der Waals surface area contributed by atoms with Crippen LogP contribution >= 0.6 is 11.3 Å². The van der Waals surface area contributed by atoms with E-state index in [0.29, 0.717) is 48.8 Å². The first kappa shape index (κ1) is 25.9. The monoisotopic (exact) mass is 571 g/mol. The number of nitrogens with zero attached hydrogens (tertiary/aromatic N) is 6. The van der Waals surface area contributed by atoms with Crippen LogP contribution in [0.1, 0.15) is 18.4 Å². The van der Waals surface area contributed by atoms with Crippen LogP contribution in [-0.4, -0.2) is 108 Å². The van der Waals surface area contributed by atoms with Gasteiger partial charge in [0, 0.05) is 25.8 Å². The molecule has 0 bridgehead atoms. The van der Waals surface area contributed by atoms with Gasteiger partial charge in [-0.05, 0) is 13.0 Å². The van der Waals surface area contributed by atoms with Gasteiger partial charge >= 0.3 is 0 Å². The average molecular weight is 572 g/mol. The maximum Gasteiger partial charge on any atom is 0.291 e. The molecule has 0 spiro atoms.